The molecule has 0 atom stereocenters. The number of thiophene rings is 1. The highest BCUT2D eigenvalue weighted by atomic mass is 35.5. The second kappa shape index (κ2) is 7.52. The van der Waals surface area contributed by atoms with Crippen molar-refractivity contribution in [1.29, 1.82) is 0 Å². The number of benzene rings is 2. The first-order valence-electron chi connectivity index (χ1n) is 7.91. The van der Waals surface area contributed by atoms with E-state index in [1.165, 1.54) is 29.2 Å². The third-order valence-electron chi connectivity index (χ3n) is 3.93. The average molecular weight is 432 g/mol. The number of rotatable bonds is 4. The zero-order chi connectivity index (χ0) is 19.0. The normalized spacial score (nSPS) is 14.4. The zero-order valence-electron chi connectivity index (χ0n) is 13.7. The zero-order valence-corrected chi connectivity index (χ0v) is 16.8. The highest BCUT2D eigenvalue weighted by Gasteiger charge is 2.41. The fourth-order valence-corrected chi connectivity index (χ4v) is 4.84. The van der Waals surface area contributed by atoms with Crippen molar-refractivity contribution in [2.24, 2.45) is 0 Å². The summed E-state index contributed by atoms with van der Waals surface area (Å²) in [7, 11) is 0. The summed E-state index contributed by atoms with van der Waals surface area (Å²) in [6.45, 7) is 0. The van der Waals surface area contributed by atoms with E-state index >= 15 is 0 Å². The van der Waals surface area contributed by atoms with Crippen LogP contribution in [0.5, 0.6) is 0 Å². The number of carbonyl (C=O) groups excluding carboxylic acids is 2. The first-order chi connectivity index (χ1) is 13.1. The number of halogens is 2. The third-order valence-corrected chi connectivity index (χ3v) is 6.65. The Balaban J connectivity index is 1.80. The van der Waals surface area contributed by atoms with Crippen LogP contribution in [-0.2, 0) is 9.59 Å². The maximum absolute atomic E-state index is 13.2. The van der Waals surface area contributed by atoms with Gasteiger partial charge in [-0.05, 0) is 41.8 Å². The van der Waals surface area contributed by atoms with Crippen molar-refractivity contribution in [2.75, 3.05) is 4.90 Å². The van der Waals surface area contributed by atoms with Crippen LogP contribution in [0, 0.1) is 0 Å². The van der Waals surface area contributed by atoms with Crippen LogP contribution in [-0.4, -0.2) is 11.8 Å². The second-order valence-electron chi connectivity index (χ2n) is 5.64. The molecule has 134 valence electrons. The van der Waals surface area contributed by atoms with Crippen molar-refractivity contribution >= 4 is 69.4 Å². The van der Waals surface area contributed by atoms with Gasteiger partial charge in [-0.25, -0.2) is 4.90 Å². The topological polar surface area (TPSA) is 37.4 Å². The molecule has 0 N–H and O–H groups in total. The molecule has 0 unspecified atom stereocenters. The predicted molar refractivity (Wildman–Crippen MR) is 112 cm³/mol. The van der Waals surface area contributed by atoms with Crippen molar-refractivity contribution < 1.29 is 9.59 Å². The Morgan fingerprint density at radius 1 is 0.852 bits per heavy atom. The maximum Gasteiger partial charge on any atom is 0.272 e. The Morgan fingerprint density at radius 3 is 2.30 bits per heavy atom. The Labute approximate surface area is 174 Å². The molecule has 0 aliphatic carbocycles. The van der Waals surface area contributed by atoms with Crippen molar-refractivity contribution in [2.45, 2.75) is 4.90 Å². The first kappa shape index (κ1) is 18.3. The van der Waals surface area contributed by atoms with Gasteiger partial charge in [-0.3, -0.25) is 9.59 Å². The average Bonchev–Trinajstić information content (AvgIpc) is 3.26. The van der Waals surface area contributed by atoms with Gasteiger partial charge in [0.1, 0.15) is 0 Å². The molecular weight excluding hydrogens is 421 g/mol. The molecule has 0 saturated heterocycles. The number of hydrogen-bond donors (Lipinski definition) is 0. The Hall–Kier alpha value is -2.05. The quantitative estimate of drug-likeness (QED) is 0.466. The summed E-state index contributed by atoms with van der Waals surface area (Å²) in [6.07, 6.45) is 0. The molecule has 0 bridgehead atoms. The fourth-order valence-electron chi connectivity index (χ4n) is 2.71. The fraction of sp³-hybridized carbons (Fsp3) is 0. The van der Waals surface area contributed by atoms with Gasteiger partial charge in [-0.15, -0.1) is 11.3 Å². The molecule has 0 saturated carbocycles. The summed E-state index contributed by atoms with van der Waals surface area (Å²) in [4.78, 5) is 29.6. The van der Waals surface area contributed by atoms with E-state index in [2.05, 4.69) is 0 Å². The number of imide groups is 1. The highest BCUT2D eigenvalue weighted by Crippen LogP contribution is 2.43. The minimum absolute atomic E-state index is 0.289. The van der Waals surface area contributed by atoms with E-state index in [-0.39, 0.29) is 16.8 Å². The smallest absolute Gasteiger partial charge is 0.268 e. The molecule has 0 spiro atoms. The number of thioether (sulfide) groups is 1. The SMILES string of the molecule is O=C1C(Sc2ccccc2)=C(c2cccs2)C(=O)N1c1ccc(Cl)c(Cl)c1. The van der Waals surface area contributed by atoms with Gasteiger partial charge in [-0.2, -0.15) is 0 Å². The predicted octanol–water partition coefficient (Wildman–Crippen LogP) is 6.13. The lowest BCUT2D eigenvalue weighted by Gasteiger charge is -2.15. The van der Waals surface area contributed by atoms with Gasteiger partial charge in [0.15, 0.2) is 0 Å². The van der Waals surface area contributed by atoms with Crippen molar-refractivity contribution in [1.82, 2.24) is 0 Å². The molecule has 3 aromatic rings. The monoisotopic (exact) mass is 431 g/mol. The van der Waals surface area contributed by atoms with E-state index < -0.39 is 0 Å². The van der Waals surface area contributed by atoms with E-state index in [0.29, 0.717) is 21.2 Å². The molecule has 3 nitrogen and oxygen atoms in total. The molecule has 7 heteroatoms. The maximum atomic E-state index is 13.2. The van der Waals surface area contributed by atoms with Gasteiger partial charge in [0.25, 0.3) is 11.8 Å². The third kappa shape index (κ3) is 3.44. The molecule has 1 aliphatic rings. The Bertz CT molecular complexity index is 1060. The van der Waals surface area contributed by atoms with Gasteiger partial charge in [-0.1, -0.05) is 59.2 Å². The van der Waals surface area contributed by atoms with E-state index in [4.69, 9.17) is 23.2 Å². The van der Waals surface area contributed by atoms with Crippen molar-refractivity contribution in [3.8, 4) is 0 Å². The lowest BCUT2D eigenvalue weighted by Crippen LogP contribution is -2.31. The van der Waals surface area contributed by atoms with Crippen LogP contribution >= 0.6 is 46.3 Å². The number of nitrogens with zero attached hydrogens (tertiary/aromatic N) is 1. The minimum Gasteiger partial charge on any atom is -0.268 e. The molecule has 2 heterocycles. The number of amides is 2. The molecule has 1 aliphatic heterocycles. The molecule has 0 radical (unpaired) electrons. The van der Waals surface area contributed by atoms with Gasteiger partial charge in [0.2, 0.25) is 0 Å². The van der Waals surface area contributed by atoms with Gasteiger partial charge < -0.3 is 0 Å². The number of anilines is 1. The molecule has 27 heavy (non-hydrogen) atoms. The second-order valence-corrected chi connectivity index (χ2v) is 8.49. The van der Waals surface area contributed by atoms with Crippen molar-refractivity contribution in [3.05, 3.63) is 85.9 Å². The van der Waals surface area contributed by atoms with E-state index in [1.54, 1.807) is 12.1 Å². The van der Waals surface area contributed by atoms with Gasteiger partial charge >= 0.3 is 0 Å². The van der Waals surface area contributed by atoms with Crippen molar-refractivity contribution in [3.63, 3.8) is 0 Å². The van der Waals surface area contributed by atoms with E-state index in [9.17, 15) is 9.59 Å². The lowest BCUT2D eigenvalue weighted by atomic mass is 10.2. The molecule has 2 amide bonds. The van der Waals surface area contributed by atoms with E-state index in [1.807, 2.05) is 47.8 Å². The first-order valence-corrected chi connectivity index (χ1v) is 10.4. The Kier molecular flexibility index (Phi) is 5.10. The Morgan fingerprint density at radius 2 is 1.63 bits per heavy atom. The lowest BCUT2D eigenvalue weighted by molar-refractivity contribution is -0.119. The molecule has 2 aromatic carbocycles. The summed E-state index contributed by atoms with van der Waals surface area (Å²) in [6, 6.07) is 17.9. The molecule has 1 aromatic heterocycles. The minimum atomic E-state index is -0.365. The van der Waals surface area contributed by atoms with Crippen LogP contribution < -0.4 is 4.90 Å². The summed E-state index contributed by atoms with van der Waals surface area (Å²) in [5.41, 5.74) is 0.812. The summed E-state index contributed by atoms with van der Waals surface area (Å²) >= 11 is 14.8. The largest absolute Gasteiger partial charge is 0.272 e. The highest BCUT2D eigenvalue weighted by molar-refractivity contribution is 8.04. The summed E-state index contributed by atoms with van der Waals surface area (Å²) < 4.78 is 0. The number of hydrogen-bond acceptors (Lipinski definition) is 4. The number of carbonyl (C=O) groups is 2. The molecule has 0 fully saturated rings. The van der Waals surface area contributed by atoms with E-state index in [0.717, 1.165) is 14.7 Å². The van der Waals surface area contributed by atoms with Crippen LogP contribution in [0.4, 0.5) is 5.69 Å². The van der Waals surface area contributed by atoms with Gasteiger partial charge in [0.05, 0.1) is 26.2 Å². The molecule has 4 rings (SSSR count). The molecular formula is C20H11Cl2NO2S2. The van der Waals surface area contributed by atoms with Crippen LogP contribution in [0.2, 0.25) is 10.0 Å². The van der Waals surface area contributed by atoms with Crippen LogP contribution in [0.25, 0.3) is 5.57 Å². The van der Waals surface area contributed by atoms with Crippen LogP contribution in [0.3, 0.4) is 0 Å². The standard InChI is InChI=1S/C20H11Cl2NO2S2/c21-14-9-8-12(11-15(14)22)23-19(24)17(16-7-4-10-26-16)18(20(23)25)27-13-5-2-1-3-6-13/h1-11H. The summed E-state index contributed by atoms with van der Waals surface area (Å²) in [5, 5.41) is 2.54. The summed E-state index contributed by atoms with van der Waals surface area (Å²) in [5.74, 6) is -0.727. The van der Waals surface area contributed by atoms with Gasteiger partial charge in [0, 0.05) is 9.77 Å². The van der Waals surface area contributed by atoms with Crippen LogP contribution in [0.1, 0.15) is 4.88 Å². The van der Waals surface area contributed by atoms with Crippen LogP contribution in [0.15, 0.2) is 75.8 Å².